The van der Waals surface area contributed by atoms with Crippen LogP contribution in [0.5, 0.6) is 0 Å². The van der Waals surface area contributed by atoms with Crippen molar-refractivity contribution in [3.05, 3.63) is 0 Å². The fourth-order valence-electron chi connectivity index (χ4n) is 1.21. The van der Waals surface area contributed by atoms with Crippen molar-refractivity contribution in [3.63, 3.8) is 0 Å². The van der Waals surface area contributed by atoms with Crippen LogP contribution in [0.15, 0.2) is 0 Å². The van der Waals surface area contributed by atoms with Crippen molar-refractivity contribution < 1.29 is 4.74 Å². The monoisotopic (exact) mass is 158 g/mol. The van der Waals surface area contributed by atoms with Gasteiger partial charge in [-0.25, -0.2) is 0 Å². The highest BCUT2D eigenvalue weighted by molar-refractivity contribution is 4.95. The average molecular weight is 158 g/mol. The molecule has 66 valence electrons. The van der Waals surface area contributed by atoms with Crippen molar-refractivity contribution in [2.24, 2.45) is 0 Å². The zero-order valence-electron chi connectivity index (χ0n) is 7.68. The van der Waals surface area contributed by atoms with Crippen molar-refractivity contribution in [2.45, 2.75) is 12.5 Å². The first-order chi connectivity index (χ1) is 5.21. The summed E-state index contributed by atoms with van der Waals surface area (Å²) in [5, 5.41) is 3.35. The third kappa shape index (κ3) is 1.72. The fourth-order valence-corrected chi connectivity index (χ4v) is 1.21. The summed E-state index contributed by atoms with van der Waals surface area (Å²) in [5.74, 6) is 0. The molecule has 0 aromatic carbocycles. The zero-order chi connectivity index (χ0) is 8.32. The third-order valence-electron chi connectivity index (χ3n) is 2.39. The maximum atomic E-state index is 5.21. The summed E-state index contributed by atoms with van der Waals surface area (Å²) >= 11 is 0. The molecule has 11 heavy (non-hydrogen) atoms. The molecule has 3 nitrogen and oxygen atoms in total. The zero-order valence-corrected chi connectivity index (χ0v) is 7.68. The Hall–Kier alpha value is -0.120. The highest BCUT2D eigenvalue weighted by atomic mass is 16.5. The van der Waals surface area contributed by atoms with Gasteiger partial charge in [0.2, 0.25) is 0 Å². The van der Waals surface area contributed by atoms with Gasteiger partial charge in [0.25, 0.3) is 0 Å². The minimum absolute atomic E-state index is 0.274. The summed E-state index contributed by atoms with van der Waals surface area (Å²) in [7, 11) is 4.22. The molecule has 1 N–H and O–H groups in total. The topological polar surface area (TPSA) is 24.5 Å². The summed E-state index contributed by atoms with van der Waals surface area (Å²) in [4.78, 5) is 2.25. The molecule has 1 heterocycles. The van der Waals surface area contributed by atoms with Crippen molar-refractivity contribution in [3.8, 4) is 0 Å². The molecule has 1 aliphatic heterocycles. The molecule has 0 unspecified atom stereocenters. The van der Waals surface area contributed by atoms with E-state index in [4.69, 9.17) is 4.74 Å². The van der Waals surface area contributed by atoms with Crippen LogP contribution in [-0.4, -0.2) is 50.8 Å². The van der Waals surface area contributed by atoms with Crippen LogP contribution in [0.4, 0.5) is 0 Å². The molecule has 0 aliphatic carbocycles. The van der Waals surface area contributed by atoms with Crippen molar-refractivity contribution in [2.75, 3.05) is 40.4 Å². The molecule has 0 amide bonds. The van der Waals surface area contributed by atoms with Gasteiger partial charge in [-0.3, -0.25) is 4.90 Å². The molecule has 0 bridgehead atoms. The maximum absolute atomic E-state index is 5.21. The second-order valence-electron chi connectivity index (χ2n) is 3.39. The van der Waals surface area contributed by atoms with E-state index in [-0.39, 0.29) is 5.54 Å². The Bertz CT molecular complexity index is 121. The summed E-state index contributed by atoms with van der Waals surface area (Å²) in [5.41, 5.74) is 0.274. The minimum Gasteiger partial charge on any atom is -0.377 e. The van der Waals surface area contributed by atoms with Crippen LogP contribution in [0.3, 0.4) is 0 Å². The molecule has 1 aliphatic rings. The summed E-state index contributed by atoms with van der Waals surface area (Å²) < 4.78 is 5.21. The van der Waals surface area contributed by atoms with Crippen LogP contribution >= 0.6 is 0 Å². The standard InChI is InChI=1S/C8H18N2O/c1-4-9-5-8(10(2)3)6-11-7-8/h9H,4-7H2,1-3H3. The Morgan fingerprint density at radius 3 is 2.36 bits per heavy atom. The molecule has 0 saturated carbocycles. The van der Waals surface area contributed by atoms with Crippen LogP contribution in [-0.2, 0) is 4.74 Å². The van der Waals surface area contributed by atoms with Crippen molar-refractivity contribution in [1.82, 2.24) is 10.2 Å². The Balaban J connectivity index is 2.34. The summed E-state index contributed by atoms with van der Waals surface area (Å²) in [6.07, 6.45) is 0. The van der Waals surface area contributed by atoms with E-state index < -0.39 is 0 Å². The van der Waals surface area contributed by atoms with Gasteiger partial charge in [-0.2, -0.15) is 0 Å². The quantitative estimate of drug-likeness (QED) is 0.619. The molecule has 0 aromatic rings. The van der Waals surface area contributed by atoms with Crippen LogP contribution in [0, 0.1) is 0 Å². The largest absolute Gasteiger partial charge is 0.377 e. The van der Waals surface area contributed by atoms with E-state index in [9.17, 15) is 0 Å². The number of ether oxygens (including phenoxy) is 1. The Kier molecular flexibility index (Phi) is 2.87. The van der Waals surface area contributed by atoms with E-state index in [1.807, 2.05) is 0 Å². The SMILES string of the molecule is CCNCC1(N(C)C)COC1. The van der Waals surface area contributed by atoms with E-state index in [1.165, 1.54) is 0 Å². The Morgan fingerprint density at radius 1 is 1.45 bits per heavy atom. The van der Waals surface area contributed by atoms with Gasteiger partial charge in [-0.15, -0.1) is 0 Å². The first kappa shape index (κ1) is 8.97. The van der Waals surface area contributed by atoms with E-state index >= 15 is 0 Å². The molecule has 0 spiro atoms. The fraction of sp³-hybridized carbons (Fsp3) is 1.00. The van der Waals surface area contributed by atoms with E-state index in [0.717, 1.165) is 26.3 Å². The predicted octanol–water partition coefficient (Wildman–Crippen LogP) is -0.0735. The number of hydrogen-bond acceptors (Lipinski definition) is 3. The van der Waals surface area contributed by atoms with Gasteiger partial charge in [0.1, 0.15) is 0 Å². The predicted molar refractivity (Wildman–Crippen MR) is 45.8 cm³/mol. The molecule has 3 heteroatoms. The minimum atomic E-state index is 0.274. The Morgan fingerprint density at radius 2 is 2.09 bits per heavy atom. The Labute approximate surface area is 68.7 Å². The van der Waals surface area contributed by atoms with E-state index in [2.05, 4.69) is 31.2 Å². The van der Waals surface area contributed by atoms with Crippen LogP contribution in [0.2, 0.25) is 0 Å². The molecule has 1 fully saturated rings. The molecule has 0 radical (unpaired) electrons. The van der Waals surface area contributed by atoms with Gasteiger partial charge in [-0.05, 0) is 20.6 Å². The molecular formula is C8H18N2O. The van der Waals surface area contributed by atoms with Gasteiger partial charge in [0, 0.05) is 6.54 Å². The third-order valence-corrected chi connectivity index (χ3v) is 2.39. The number of hydrogen-bond donors (Lipinski definition) is 1. The van der Waals surface area contributed by atoms with Crippen LogP contribution in [0.1, 0.15) is 6.92 Å². The first-order valence-corrected chi connectivity index (χ1v) is 4.17. The highest BCUT2D eigenvalue weighted by Gasteiger charge is 2.39. The number of nitrogens with one attached hydrogen (secondary N) is 1. The molecule has 0 aromatic heterocycles. The number of nitrogens with zero attached hydrogens (tertiary/aromatic N) is 1. The molecule has 0 atom stereocenters. The van der Waals surface area contributed by atoms with Gasteiger partial charge < -0.3 is 10.1 Å². The lowest BCUT2D eigenvalue weighted by molar-refractivity contribution is -0.122. The molecule has 1 saturated heterocycles. The second-order valence-corrected chi connectivity index (χ2v) is 3.39. The van der Waals surface area contributed by atoms with Gasteiger partial charge >= 0.3 is 0 Å². The average Bonchev–Trinajstić information content (AvgIpc) is 1.85. The van der Waals surface area contributed by atoms with Crippen molar-refractivity contribution >= 4 is 0 Å². The number of rotatable bonds is 4. The maximum Gasteiger partial charge on any atom is 0.0799 e. The van der Waals surface area contributed by atoms with E-state index in [0.29, 0.717) is 0 Å². The van der Waals surface area contributed by atoms with Crippen LogP contribution < -0.4 is 5.32 Å². The second kappa shape index (κ2) is 3.52. The lowest BCUT2D eigenvalue weighted by atomic mass is 9.96. The molecule has 1 rings (SSSR count). The highest BCUT2D eigenvalue weighted by Crippen LogP contribution is 2.21. The number of likely N-dealkylation sites (N-methyl/N-ethyl adjacent to an activating group) is 2. The van der Waals surface area contributed by atoms with Crippen molar-refractivity contribution in [1.29, 1.82) is 0 Å². The lowest BCUT2D eigenvalue weighted by Crippen LogP contribution is -2.64. The summed E-state index contributed by atoms with van der Waals surface area (Å²) in [6, 6.07) is 0. The lowest BCUT2D eigenvalue weighted by Gasteiger charge is -2.46. The van der Waals surface area contributed by atoms with Gasteiger partial charge in [0.15, 0.2) is 0 Å². The smallest absolute Gasteiger partial charge is 0.0799 e. The summed E-state index contributed by atoms with van der Waals surface area (Å²) in [6.45, 7) is 5.94. The molecular weight excluding hydrogens is 140 g/mol. The van der Waals surface area contributed by atoms with Gasteiger partial charge in [-0.1, -0.05) is 6.92 Å². The van der Waals surface area contributed by atoms with E-state index in [1.54, 1.807) is 0 Å². The normalized spacial score (nSPS) is 21.8. The van der Waals surface area contributed by atoms with Gasteiger partial charge in [0.05, 0.1) is 18.8 Å². The van der Waals surface area contributed by atoms with Crippen LogP contribution in [0.25, 0.3) is 0 Å². The first-order valence-electron chi connectivity index (χ1n) is 4.17.